The van der Waals surface area contributed by atoms with Crippen molar-refractivity contribution in [3.05, 3.63) is 16.7 Å². The molecule has 27 heavy (non-hydrogen) atoms. The number of rotatable bonds is 4. The van der Waals surface area contributed by atoms with Gasteiger partial charge >= 0.3 is 7.82 Å². The molecule has 0 aromatic carbocycles. The summed E-state index contributed by atoms with van der Waals surface area (Å²) in [6, 6.07) is 0. The van der Waals surface area contributed by atoms with Crippen LogP contribution in [0.5, 0.6) is 0 Å². The maximum Gasteiger partial charge on any atom is 0.469 e. The van der Waals surface area contributed by atoms with Crippen molar-refractivity contribution in [1.82, 2.24) is 19.5 Å². The zero-order chi connectivity index (χ0) is 17.6. The average molecular weight is 417 g/mol. The molecule has 3 heterocycles. The summed E-state index contributed by atoms with van der Waals surface area (Å²) in [5.41, 5.74) is 4.84. The van der Waals surface area contributed by atoms with Gasteiger partial charge in [-0.3, -0.25) is 18.9 Å². The summed E-state index contributed by atoms with van der Waals surface area (Å²) in [5, 5.41) is 20.1. The number of anilines is 1. The number of aliphatic hydroxyl groups excluding tert-OH is 2. The van der Waals surface area contributed by atoms with Gasteiger partial charge in [0.15, 0.2) is 17.4 Å². The van der Waals surface area contributed by atoms with E-state index in [1.165, 1.54) is 10.9 Å². The number of phosphoric acid groups is 1. The predicted octanol–water partition coefficient (Wildman–Crippen LogP) is -5.04. The molecule has 1 aliphatic heterocycles. The average Bonchev–Trinajstić information content (AvgIpc) is 3.00. The van der Waals surface area contributed by atoms with Crippen molar-refractivity contribution in [3.63, 3.8) is 0 Å². The highest BCUT2D eigenvalue weighted by Gasteiger charge is 2.45. The highest BCUT2D eigenvalue weighted by atomic mass is 31.2. The number of fused-ring (bicyclic) bond motifs is 1. The molecule has 3 rings (SSSR count). The van der Waals surface area contributed by atoms with E-state index < -0.39 is 44.5 Å². The van der Waals surface area contributed by atoms with Crippen molar-refractivity contribution < 1.29 is 50.3 Å². The molecule has 156 valence electrons. The third-order valence-electron chi connectivity index (χ3n) is 3.47. The Labute approximate surface area is 149 Å². The van der Waals surface area contributed by atoms with Crippen molar-refractivity contribution >= 4 is 24.9 Å². The van der Waals surface area contributed by atoms with E-state index in [1.54, 1.807) is 0 Å². The molecular weight excluding hydrogens is 397 g/mol. The molecule has 0 saturated carbocycles. The van der Waals surface area contributed by atoms with E-state index in [9.17, 15) is 19.6 Å². The Morgan fingerprint density at radius 2 is 1.93 bits per heavy atom. The van der Waals surface area contributed by atoms with Crippen LogP contribution in [0.4, 0.5) is 5.95 Å². The predicted molar refractivity (Wildman–Crippen MR) is 87.3 cm³/mol. The summed E-state index contributed by atoms with van der Waals surface area (Å²) < 4.78 is 21.6. The Morgan fingerprint density at radius 1 is 1.30 bits per heavy atom. The number of nitrogens with two attached hydrogens (primary N) is 1. The van der Waals surface area contributed by atoms with Gasteiger partial charge in [-0.1, -0.05) is 0 Å². The SMILES string of the molecule is Nc1nc2c(ncn2[C@@H]2O[C@H](COP(=O)(O)O)[C@@H](O)[C@H]2O)c(=O)[nH]1.O.O.O. The largest absolute Gasteiger partial charge is 0.469 e. The number of phosphoric ester groups is 1. The van der Waals surface area contributed by atoms with Crippen LogP contribution in [0.2, 0.25) is 0 Å². The maximum atomic E-state index is 11.7. The van der Waals surface area contributed by atoms with E-state index in [0.29, 0.717) is 0 Å². The zero-order valence-corrected chi connectivity index (χ0v) is 14.3. The van der Waals surface area contributed by atoms with Crippen LogP contribution in [-0.4, -0.2) is 80.9 Å². The fourth-order valence-electron chi connectivity index (χ4n) is 2.40. The van der Waals surface area contributed by atoms with Crippen LogP contribution in [0.25, 0.3) is 11.2 Å². The molecule has 2 aromatic heterocycles. The van der Waals surface area contributed by atoms with Crippen LogP contribution in [-0.2, 0) is 13.8 Å². The van der Waals surface area contributed by atoms with Gasteiger partial charge in [0.1, 0.15) is 18.3 Å². The molecule has 0 radical (unpaired) electrons. The van der Waals surface area contributed by atoms with Gasteiger partial charge in [0.2, 0.25) is 5.95 Å². The number of ether oxygens (including phenoxy) is 1. The van der Waals surface area contributed by atoms with Gasteiger partial charge < -0.3 is 46.9 Å². The molecule has 0 spiro atoms. The monoisotopic (exact) mass is 417 g/mol. The number of aromatic nitrogens is 4. The quantitative estimate of drug-likeness (QED) is 0.256. The van der Waals surface area contributed by atoms with Gasteiger partial charge in [0, 0.05) is 0 Å². The molecule has 1 saturated heterocycles. The third kappa shape index (κ3) is 4.85. The molecule has 0 bridgehead atoms. The van der Waals surface area contributed by atoms with Crippen molar-refractivity contribution in [1.29, 1.82) is 0 Å². The summed E-state index contributed by atoms with van der Waals surface area (Å²) >= 11 is 0. The highest BCUT2D eigenvalue weighted by molar-refractivity contribution is 7.46. The van der Waals surface area contributed by atoms with Crippen molar-refractivity contribution in [3.8, 4) is 0 Å². The van der Waals surface area contributed by atoms with Gasteiger partial charge in [-0.25, -0.2) is 9.55 Å². The van der Waals surface area contributed by atoms with Gasteiger partial charge in [-0.05, 0) is 0 Å². The summed E-state index contributed by atoms with van der Waals surface area (Å²) in [5.74, 6) is -0.177. The number of aromatic amines is 1. The summed E-state index contributed by atoms with van der Waals surface area (Å²) in [7, 11) is -4.76. The fraction of sp³-hybridized carbons (Fsp3) is 0.500. The number of nitrogens with zero attached hydrogens (tertiary/aromatic N) is 3. The Hall–Kier alpha value is -1.98. The Balaban J connectivity index is 0.00000225. The molecule has 1 aliphatic rings. The van der Waals surface area contributed by atoms with E-state index >= 15 is 0 Å². The van der Waals surface area contributed by atoms with Crippen LogP contribution in [0.3, 0.4) is 0 Å². The van der Waals surface area contributed by atoms with Gasteiger partial charge in [0.25, 0.3) is 5.56 Å². The van der Waals surface area contributed by atoms with Crippen LogP contribution < -0.4 is 11.3 Å². The second kappa shape index (κ2) is 8.81. The van der Waals surface area contributed by atoms with E-state index in [1.807, 2.05) is 0 Å². The van der Waals surface area contributed by atoms with Crippen LogP contribution in [0.15, 0.2) is 11.1 Å². The lowest BCUT2D eigenvalue weighted by Gasteiger charge is -2.16. The topological polar surface area (TPSA) is 301 Å². The van der Waals surface area contributed by atoms with E-state index in [4.69, 9.17) is 20.3 Å². The molecule has 1 fully saturated rings. The smallest absolute Gasteiger partial charge is 0.412 e. The Morgan fingerprint density at radius 3 is 2.52 bits per heavy atom. The van der Waals surface area contributed by atoms with Crippen molar-refractivity contribution in [2.45, 2.75) is 24.5 Å². The lowest BCUT2D eigenvalue weighted by Crippen LogP contribution is -2.33. The first kappa shape index (κ1) is 25.0. The first-order valence-corrected chi connectivity index (χ1v) is 8.14. The number of hydrogen-bond donors (Lipinski definition) is 6. The molecule has 0 amide bonds. The summed E-state index contributed by atoms with van der Waals surface area (Å²) in [6.07, 6.45) is -4.22. The lowest BCUT2D eigenvalue weighted by molar-refractivity contribution is -0.0503. The van der Waals surface area contributed by atoms with Crippen molar-refractivity contribution in [2.24, 2.45) is 0 Å². The zero-order valence-electron chi connectivity index (χ0n) is 13.4. The standard InChI is InChI=1S/C10H14N5O8P.3H2O/c11-10-13-7-4(8(18)14-10)12-2-15(7)9-6(17)5(16)3(23-9)1-22-24(19,20)21;;;/h2-3,5-6,9,16-17H,1H2,(H2,19,20,21)(H3,11,13,14,18);3*1H2/t3-,5-,6-,9-;;;/m1.../s1. The van der Waals surface area contributed by atoms with Crippen LogP contribution >= 0.6 is 7.82 Å². The van der Waals surface area contributed by atoms with E-state index in [-0.39, 0.29) is 33.5 Å². The number of aliphatic hydroxyl groups is 2. The minimum absolute atomic E-state index is 0. The molecule has 0 unspecified atom stereocenters. The Bertz CT molecular complexity index is 865. The molecule has 17 heteroatoms. The summed E-state index contributed by atoms with van der Waals surface area (Å²) in [4.78, 5) is 39.1. The normalized spacial score (nSPS) is 24.7. The number of H-pyrrole nitrogens is 1. The van der Waals surface area contributed by atoms with E-state index in [0.717, 1.165) is 0 Å². The number of hydrogen-bond acceptors (Lipinski definition) is 9. The number of nitrogen functional groups attached to an aromatic ring is 1. The molecule has 0 aliphatic carbocycles. The molecule has 16 nitrogen and oxygen atoms in total. The minimum atomic E-state index is -4.76. The molecule has 4 atom stereocenters. The fourth-order valence-corrected chi connectivity index (χ4v) is 2.74. The third-order valence-corrected chi connectivity index (χ3v) is 3.95. The first-order valence-electron chi connectivity index (χ1n) is 6.61. The Kier molecular flexibility index (Phi) is 8.16. The second-order valence-electron chi connectivity index (χ2n) is 5.11. The van der Waals surface area contributed by atoms with Crippen molar-refractivity contribution in [2.75, 3.05) is 12.3 Å². The summed E-state index contributed by atoms with van der Waals surface area (Å²) in [6.45, 7) is -0.651. The number of nitrogens with one attached hydrogen (secondary N) is 1. The van der Waals surface area contributed by atoms with Crippen LogP contribution in [0.1, 0.15) is 6.23 Å². The second-order valence-corrected chi connectivity index (χ2v) is 6.35. The molecule has 2 aromatic rings. The highest BCUT2D eigenvalue weighted by Crippen LogP contribution is 2.38. The first-order chi connectivity index (χ1) is 11.2. The lowest BCUT2D eigenvalue weighted by atomic mass is 10.1. The molecular formula is C10H20N5O11P. The van der Waals surface area contributed by atoms with Gasteiger partial charge in [-0.2, -0.15) is 4.98 Å². The van der Waals surface area contributed by atoms with E-state index in [2.05, 4.69) is 19.5 Å². The number of imidazole rings is 1. The van der Waals surface area contributed by atoms with Gasteiger partial charge in [0.05, 0.1) is 12.9 Å². The minimum Gasteiger partial charge on any atom is -0.412 e. The molecule has 13 N–H and O–H groups in total. The van der Waals surface area contributed by atoms with Crippen LogP contribution in [0, 0.1) is 0 Å². The van der Waals surface area contributed by atoms with Gasteiger partial charge in [-0.15, -0.1) is 0 Å². The maximum absolute atomic E-state index is 11.7.